The zero-order chi connectivity index (χ0) is 17.2. The van der Waals surface area contributed by atoms with E-state index < -0.39 is 26.3 Å². The number of phosphoric acid groups is 1. The average Bonchev–Trinajstić information content (AvgIpc) is 2.80. The maximum Gasteiger partial charge on any atom is 0.471 e. The van der Waals surface area contributed by atoms with E-state index in [0.29, 0.717) is 10.4 Å². The monoisotopic (exact) mass is 364 g/mol. The molecule has 0 radical (unpaired) electrons. The molecule has 0 fully saturated rings. The molecule has 1 amide bonds. The van der Waals surface area contributed by atoms with E-state index in [2.05, 4.69) is 20.0 Å². The Morgan fingerprint density at radius 3 is 2.78 bits per heavy atom. The molecule has 2 aromatic rings. The van der Waals surface area contributed by atoms with Gasteiger partial charge in [0.05, 0.1) is 5.69 Å². The van der Waals surface area contributed by atoms with Crippen molar-refractivity contribution in [2.24, 2.45) is 0 Å². The number of nitrogens with zero attached hydrogens (tertiary/aromatic N) is 3. The van der Waals surface area contributed by atoms with Crippen LogP contribution in [-0.2, 0) is 15.8 Å². The van der Waals surface area contributed by atoms with E-state index in [0.717, 1.165) is 0 Å². The Morgan fingerprint density at radius 1 is 1.48 bits per heavy atom. The summed E-state index contributed by atoms with van der Waals surface area (Å²) in [5, 5.41) is 9.13. The summed E-state index contributed by atoms with van der Waals surface area (Å²) in [5.74, 6) is -1.47. The molecule has 124 valence electrons. The van der Waals surface area contributed by atoms with Gasteiger partial charge in [0.25, 0.3) is 5.91 Å². The van der Waals surface area contributed by atoms with Crippen LogP contribution >= 0.6 is 19.4 Å². The van der Waals surface area contributed by atoms with Crippen LogP contribution in [0.5, 0.6) is 0 Å². The summed E-state index contributed by atoms with van der Waals surface area (Å²) in [5.41, 5.74) is 0.262. The molecule has 9 nitrogen and oxygen atoms in total. The van der Waals surface area contributed by atoms with E-state index in [4.69, 9.17) is 21.4 Å². The number of nitrogens with one attached hydrogen (secondary N) is 1. The van der Waals surface area contributed by atoms with Crippen LogP contribution in [0.15, 0.2) is 18.2 Å². The number of carbonyl (C=O) groups is 1. The smallest absolute Gasteiger partial charge is 0.318 e. The number of phosphoric ester groups is 1. The van der Waals surface area contributed by atoms with Gasteiger partial charge >= 0.3 is 7.82 Å². The van der Waals surface area contributed by atoms with Gasteiger partial charge < -0.3 is 15.1 Å². The van der Waals surface area contributed by atoms with Crippen LogP contribution < -0.4 is 5.32 Å². The molecule has 2 rings (SSSR count). The SMILES string of the molecule is Cc1ccc(NC(=O)c2nn(COP(=O)(O)O)nc2Cl)c(F)c1. The fraction of sp³-hybridized carbons (Fsp3) is 0.182. The summed E-state index contributed by atoms with van der Waals surface area (Å²) < 4.78 is 28.4. The molecule has 0 aliphatic carbocycles. The molecule has 0 aliphatic heterocycles. The van der Waals surface area contributed by atoms with E-state index in [9.17, 15) is 13.8 Å². The Kier molecular flexibility index (Phi) is 5.12. The van der Waals surface area contributed by atoms with Crippen LogP contribution in [0.3, 0.4) is 0 Å². The lowest BCUT2D eigenvalue weighted by Gasteiger charge is -2.05. The minimum absolute atomic E-state index is 0.0716. The van der Waals surface area contributed by atoms with E-state index in [1.165, 1.54) is 12.1 Å². The first-order chi connectivity index (χ1) is 10.7. The van der Waals surface area contributed by atoms with Gasteiger partial charge in [0.2, 0.25) is 0 Å². The molecule has 0 unspecified atom stereocenters. The molecule has 23 heavy (non-hydrogen) atoms. The summed E-state index contributed by atoms with van der Waals surface area (Å²) in [7, 11) is -4.72. The summed E-state index contributed by atoms with van der Waals surface area (Å²) >= 11 is 5.72. The van der Waals surface area contributed by atoms with Gasteiger partial charge in [-0.2, -0.15) is 4.80 Å². The number of benzene rings is 1. The first kappa shape index (κ1) is 17.5. The topological polar surface area (TPSA) is 127 Å². The number of hydrogen-bond donors (Lipinski definition) is 3. The standard InChI is InChI=1S/C11H11ClFN4O5P/c1-6-2-3-8(7(13)4-6)14-11(18)9-10(12)16-17(15-9)5-22-23(19,20)21/h2-4H,5H2,1H3,(H,14,18)(H2,19,20,21). The molecule has 0 atom stereocenters. The van der Waals surface area contributed by atoms with Crippen molar-refractivity contribution in [3.05, 3.63) is 40.4 Å². The number of rotatable bonds is 5. The summed E-state index contributed by atoms with van der Waals surface area (Å²) in [6.45, 7) is 0.980. The van der Waals surface area contributed by atoms with Crippen LogP contribution in [0.25, 0.3) is 0 Å². The fourth-order valence-corrected chi connectivity index (χ4v) is 2.02. The van der Waals surface area contributed by atoms with Crippen molar-refractivity contribution in [1.82, 2.24) is 15.0 Å². The summed E-state index contributed by atoms with van der Waals surface area (Å²) in [6, 6.07) is 4.21. The number of amides is 1. The van der Waals surface area contributed by atoms with Gasteiger partial charge in [-0.1, -0.05) is 17.7 Å². The second kappa shape index (κ2) is 6.73. The van der Waals surface area contributed by atoms with Gasteiger partial charge in [-0.3, -0.25) is 9.32 Å². The number of carbonyl (C=O) groups excluding carboxylic acids is 1. The second-order valence-corrected chi connectivity index (χ2v) is 6.00. The maximum absolute atomic E-state index is 13.7. The first-order valence-electron chi connectivity index (χ1n) is 6.04. The summed E-state index contributed by atoms with van der Waals surface area (Å²) in [6.07, 6.45) is 0. The third-order valence-corrected chi connectivity index (χ3v) is 3.25. The van der Waals surface area contributed by atoms with E-state index >= 15 is 0 Å². The zero-order valence-electron chi connectivity index (χ0n) is 11.6. The number of anilines is 1. The van der Waals surface area contributed by atoms with E-state index in [-0.39, 0.29) is 16.5 Å². The third kappa shape index (κ3) is 4.81. The van der Waals surface area contributed by atoms with Crippen LogP contribution in [0.2, 0.25) is 5.15 Å². The first-order valence-corrected chi connectivity index (χ1v) is 7.95. The molecule has 0 spiro atoms. The Morgan fingerprint density at radius 2 is 2.17 bits per heavy atom. The molecular weight excluding hydrogens is 354 g/mol. The lowest BCUT2D eigenvalue weighted by molar-refractivity contribution is 0.101. The van der Waals surface area contributed by atoms with Crippen molar-refractivity contribution >= 4 is 31.0 Å². The van der Waals surface area contributed by atoms with Crippen LogP contribution in [-0.4, -0.2) is 30.7 Å². The predicted octanol–water partition coefficient (Wildman–Crippen LogP) is 1.70. The van der Waals surface area contributed by atoms with E-state index in [1.807, 2.05) is 0 Å². The Hall–Kier alpha value is -1.84. The Labute approximate surface area is 134 Å². The second-order valence-electron chi connectivity index (χ2n) is 4.40. The molecule has 3 N–H and O–H groups in total. The van der Waals surface area contributed by atoms with Crippen molar-refractivity contribution in [1.29, 1.82) is 0 Å². The molecule has 1 heterocycles. The number of hydrogen-bond acceptors (Lipinski definition) is 5. The van der Waals surface area contributed by atoms with Crippen LogP contribution in [0.1, 0.15) is 16.1 Å². The highest BCUT2D eigenvalue weighted by molar-refractivity contribution is 7.46. The third-order valence-electron chi connectivity index (χ3n) is 2.54. The quantitative estimate of drug-likeness (QED) is 0.689. The fourth-order valence-electron chi connectivity index (χ4n) is 1.55. The van der Waals surface area contributed by atoms with Crippen molar-refractivity contribution in [3.63, 3.8) is 0 Å². The zero-order valence-corrected chi connectivity index (χ0v) is 13.3. The van der Waals surface area contributed by atoms with Crippen LogP contribution in [0.4, 0.5) is 10.1 Å². The molecule has 1 aromatic carbocycles. The molecule has 1 aromatic heterocycles. The Balaban J connectivity index is 2.13. The normalized spacial score (nSPS) is 11.5. The minimum Gasteiger partial charge on any atom is -0.318 e. The molecule has 0 bridgehead atoms. The van der Waals surface area contributed by atoms with E-state index in [1.54, 1.807) is 13.0 Å². The predicted molar refractivity (Wildman–Crippen MR) is 77.3 cm³/mol. The van der Waals surface area contributed by atoms with Gasteiger partial charge in [0, 0.05) is 0 Å². The Bertz CT molecular complexity index is 793. The lowest BCUT2D eigenvalue weighted by atomic mass is 10.2. The number of aromatic nitrogens is 3. The van der Waals surface area contributed by atoms with Gasteiger partial charge in [-0.15, -0.1) is 10.2 Å². The van der Waals surface area contributed by atoms with Crippen molar-refractivity contribution in [3.8, 4) is 0 Å². The number of aryl methyl sites for hydroxylation is 1. The molecule has 0 saturated heterocycles. The van der Waals surface area contributed by atoms with Gasteiger partial charge in [-0.05, 0) is 24.6 Å². The molecule has 0 aliphatic rings. The van der Waals surface area contributed by atoms with Gasteiger partial charge in [0.15, 0.2) is 17.6 Å². The van der Waals surface area contributed by atoms with Crippen molar-refractivity contribution in [2.45, 2.75) is 13.7 Å². The molecule has 12 heteroatoms. The van der Waals surface area contributed by atoms with Crippen molar-refractivity contribution in [2.75, 3.05) is 5.32 Å². The van der Waals surface area contributed by atoms with Crippen molar-refractivity contribution < 1.29 is 28.1 Å². The summed E-state index contributed by atoms with van der Waals surface area (Å²) in [4.78, 5) is 29.9. The maximum atomic E-state index is 13.7. The average molecular weight is 365 g/mol. The van der Waals surface area contributed by atoms with Crippen LogP contribution in [0, 0.1) is 12.7 Å². The largest absolute Gasteiger partial charge is 0.471 e. The minimum atomic E-state index is -4.72. The highest BCUT2D eigenvalue weighted by atomic mass is 35.5. The van der Waals surface area contributed by atoms with Gasteiger partial charge in [0.1, 0.15) is 5.82 Å². The lowest BCUT2D eigenvalue weighted by Crippen LogP contribution is -2.15. The highest BCUT2D eigenvalue weighted by Gasteiger charge is 2.20. The number of halogens is 2. The highest BCUT2D eigenvalue weighted by Crippen LogP contribution is 2.35. The van der Waals surface area contributed by atoms with Gasteiger partial charge in [-0.25, -0.2) is 8.96 Å². The molecular formula is C11H11ClFN4O5P. The molecule has 0 saturated carbocycles.